The molecule has 0 saturated carbocycles. The van der Waals surface area contributed by atoms with Crippen LogP contribution in [0.5, 0.6) is 0 Å². The van der Waals surface area contributed by atoms with E-state index >= 15 is 0 Å². The summed E-state index contributed by atoms with van der Waals surface area (Å²) >= 11 is 6.84. The van der Waals surface area contributed by atoms with E-state index in [1.807, 2.05) is 36.4 Å². The van der Waals surface area contributed by atoms with Crippen LogP contribution in [0.3, 0.4) is 0 Å². The molecule has 0 spiro atoms. The minimum atomic E-state index is -0.343. The number of rotatable bonds is 6. The smallest absolute Gasteiger partial charge is 0.341 e. The van der Waals surface area contributed by atoms with E-state index in [1.54, 1.807) is 6.92 Å². The van der Waals surface area contributed by atoms with Crippen molar-refractivity contribution in [2.75, 3.05) is 11.9 Å². The van der Waals surface area contributed by atoms with Gasteiger partial charge in [0, 0.05) is 10.9 Å². The van der Waals surface area contributed by atoms with Crippen LogP contribution >= 0.6 is 23.6 Å². The Labute approximate surface area is 152 Å². The molecule has 1 unspecified atom stereocenters. The lowest BCUT2D eigenvalue weighted by Gasteiger charge is -2.15. The number of ether oxygens (including phenoxy) is 1. The molecule has 0 aliphatic rings. The molecule has 0 aliphatic carbocycles. The van der Waals surface area contributed by atoms with Gasteiger partial charge in [-0.15, -0.1) is 11.3 Å². The van der Waals surface area contributed by atoms with Crippen molar-refractivity contribution in [1.82, 2.24) is 5.32 Å². The molecule has 0 radical (unpaired) electrons. The van der Waals surface area contributed by atoms with Crippen LogP contribution < -0.4 is 10.6 Å². The average molecular weight is 363 g/mol. The standard InChI is InChI=1S/C18H22N2O2S2/c1-4-12(3)19-18(23)20-16-14(17(21)22-5-2)11-15(24-16)13-9-7-6-8-10-13/h6-12H,4-5H2,1-3H3,(H2,19,20,23). The van der Waals surface area contributed by atoms with Crippen LogP contribution in [0.15, 0.2) is 36.4 Å². The van der Waals surface area contributed by atoms with Crippen molar-refractivity contribution in [3.8, 4) is 10.4 Å². The third-order valence-electron chi connectivity index (χ3n) is 3.50. The topological polar surface area (TPSA) is 50.4 Å². The molecule has 6 heteroatoms. The van der Waals surface area contributed by atoms with E-state index in [1.165, 1.54) is 11.3 Å². The van der Waals surface area contributed by atoms with Crippen LogP contribution in [0.4, 0.5) is 5.00 Å². The molecule has 0 fully saturated rings. The molecular weight excluding hydrogens is 340 g/mol. The van der Waals surface area contributed by atoms with Gasteiger partial charge in [0.2, 0.25) is 0 Å². The fourth-order valence-electron chi connectivity index (χ4n) is 2.05. The molecule has 128 valence electrons. The number of thiocarbonyl (C=S) groups is 1. The Morgan fingerprint density at radius 1 is 1.29 bits per heavy atom. The summed E-state index contributed by atoms with van der Waals surface area (Å²) in [5.74, 6) is -0.343. The molecule has 1 heterocycles. The first-order valence-corrected chi connectivity index (χ1v) is 9.21. The molecule has 4 nitrogen and oxygen atoms in total. The number of esters is 1. The Morgan fingerprint density at radius 2 is 2.00 bits per heavy atom. The Kier molecular flexibility index (Phi) is 6.75. The van der Waals surface area contributed by atoms with Gasteiger partial charge >= 0.3 is 5.97 Å². The lowest BCUT2D eigenvalue weighted by molar-refractivity contribution is 0.0528. The van der Waals surface area contributed by atoms with Gasteiger partial charge in [-0.25, -0.2) is 4.79 Å². The summed E-state index contributed by atoms with van der Waals surface area (Å²) in [6, 6.07) is 12.1. The average Bonchev–Trinajstić information content (AvgIpc) is 2.99. The van der Waals surface area contributed by atoms with E-state index in [9.17, 15) is 4.79 Å². The quantitative estimate of drug-likeness (QED) is 0.577. The van der Waals surface area contributed by atoms with Gasteiger partial charge in [0.15, 0.2) is 5.11 Å². The van der Waals surface area contributed by atoms with E-state index in [-0.39, 0.29) is 12.0 Å². The fourth-order valence-corrected chi connectivity index (χ4v) is 3.48. The Bertz CT molecular complexity index is 698. The van der Waals surface area contributed by atoms with Crippen LogP contribution in [-0.4, -0.2) is 23.7 Å². The third kappa shape index (κ3) is 4.79. The van der Waals surface area contributed by atoms with Crippen molar-refractivity contribution in [2.45, 2.75) is 33.2 Å². The molecule has 24 heavy (non-hydrogen) atoms. The van der Waals surface area contributed by atoms with Gasteiger partial charge in [0.05, 0.1) is 12.2 Å². The number of nitrogens with one attached hydrogen (secondary N) is 2. The zero-order valence-corrected chi connectivity index (χ0v) is 15.7. The number of anilines is 1. The molecule has 0 amide bonds. The third-order valence-corrected chi connectivity index (χ3v) is 4.82. The normalized spacial score (nSPS) is 11.6. The zero-order valence-electron chi connectivity index (χ0n) is 14.1. The number of thiophene rings is 1. The van der Waals surface area contributed by atoms with Crippen molar-refractivity contribution >= 4 is 39.6 Å². The van der Waals surface area contributed by atoms with E-state index in [2.05, 4.69) is 24.5 Å². The zero-order chi connectivity index (χ0) is 17.5. The molecule has 0 saturated heterocycles. The van der Waals surface area contributed by atoms with Crippen molar-refractivity contribution in [3.63, 3.8) is 0 Å². The van der Waals surface area contributed by atoms with Gasteiger partial charge in [0.25, 0.3) is 0 Å². The molecule has 1 aromatic heterocycles. The van der Waals surface area contributed by atoms with E-state index in [4.69, 9.17) is 17.0 Å². The highest BCUT2D eigenvalue weighted by molar-refractivity contribution is 7.80. The highest BCUT2D eigenvalue weighted by atomic mass is 32.1. The highest BCUT2D eigenvalue weighted by Gasteiger charge is 2.19. The molecule has 2 rings (SSSR count). The van der Waals surface area contributed by atoms with Gasteiger partial charge in [-0.2, -0.15) is 0 Å². The fraction of sp³-hybridized carbons (Fsp3) is 0.333. The highest BCUT2D eigenvalue weighted by Crippen LogP contribution is 2.35. The van der Waals surface area contributed by atoms with Gasteiger partial charge < -0.3 is 15.4 Å². The molecule has 0 bridgehead atoms. The number of benzene rings is 1. The van der Waals surface area contributed by atoms with Crippen LogP contribution in [0.1, 0.15) is 37.6 Å². The summed E-state index contributed by atoms with van der Waals surface area (Å²) in [5.41, 5.74) is 1.57. The lowest BCUT2D eigenvalue weighted by atomic mass is 10.1. The SMILES string of the molecule is CCOC(=O)c1cc(-c2ccccc2)sc1NC(=S)NC(C)CC. The lowest BCUT2D eigenvalue weighted by Crippen LogP contribution is -2.35. The molecule has 1 atom stereocenters. The van der Waals surface area contributed by atoms with Crippen molar-refractivity contribution < 1.29 is 9.53 Å². The van der Waals surface area contributed by atoms with E-state index in [0.29, 0.717) is 22.3 Å². The summed E-state index contributed by atoms with van der Waals surface area (Å²) in [4.78, 5) is 13.2. The van der Waals surface area contributed by atoms with Gasteiger partial charge in [0.1, 0.15) is 5.00 Å². The van der Waals surface area contributed by atoms with Crippen LogP contribution in [0, 0.1) is 0 Å². The Morgan fingerprint density at radius 3 is 2.62 bits per heavy atom. The van der Waals surface area contributed by atoms with Crippen LogP contribution in [0.2, 0.25) is 0 Å². The number of hydrogen-bond acceptors (Lipinski definition) is 4. The Hall–Kier alpha value is -1.92. The maximum Gasteiger partial charge on any atom is 0.341 e. The van der Waals surface area contributed by atoms with Gasteiger partial charge in [-0.3, -0.25) is 0 Å². The first-order valence-electron chi connectivity index (χ1n) is 7.99. The largest absolute Gasteiger partial charge is 0.462 e. The molecular formula is C18H22N2O2S2. The van der Waals surface area contributed by atoms with Crippen LogP contribution in [-0.2, 0) is 4.74 Å². The van der Waals surface area contributed by atoms with Crippen molar-refractivity contribution in [3.05, 3.63) is 42.0 Å². The first kappa shape index (κ1) is 18.4. The number of carbonyl (C=O) groups is 1. The predicted molar refractivity (Wildman–Crippen MR) is 105 cm³/mol. The van der Waals surface area contributed by atoms with Gasteiger partial charge in [-0.05, 0) is 44.1 Å². The summed E-state index contributed by atoms with van der Waals surface area (Å²) in [6.07, 6.45) is 0.965. The molecule has 2 N–H and O–H groups in total. The van der Waals surface area contributed by atoms with E-state index in [0.717, 1.165) is 16.9 Å². The number of hydrogen-bond donors (Lipinski definition) is 2. The van der Waals surface area contributed by atoms with Crippen molar-refractivity contribution in [2.24, 2.45) is 0 Å². The molecule has 0 aliphatic heterocycles. The number of carbonyl (C=O) groups excluding carboxylic acids is 1. The maximum absolute atomic E-state index is 12.3. The minimum absolute atomic E-state index is 0.268. The minimum Gasteiger partial charge on any atom is -0.462 e. The monoisotopic (exact) mass is 362 g/mol. The van der Waals surface area contributed by atoms with Crippen molar-refractivity contribution in [1.29, 1.82) is 0 Å². The first-order chi connectivity index (χ1) is 11.5. The summed E-state index contributed by atoms with van der Waals surface area (Å²) in [7, 11) is 0. The van der Waals surface area contributed by atoms with Crippen LogP contribution in [0.25, 0.3) is 10.4 Å². The summed E-state index contributed by atoms with van der Waals surface area (Å²) < 4.78 is 5.17. The predicted octanol–water partition coefficient (Wildman–Crippen LogP) is 4.68. The molecule has 1 aromatic carbocycles. The second kappa shape index (κ2) is 8.80. The van der Waals surface area contributed by atoms with E-state index < -0.39 is 0 Å². The summed E-state index contributed by atoms with van der Waals surface area (Å²) in [6.45, 7) is 6.28. The second-order valence-electron chi connectivity index (χ2n) is 5.35. The van der Waals surface area contributed by atoms with Gasteiger partial charge in [-0.1, -0.05) is 37.3 Å². The second-order valence-corrected chi connectivity index (χ2v) is 6.81. The summed E-state index contributed by atoms with van der Waals surface area (Å²) in [5, 5.41) is 7.56. The Balaban J connectivity index is 2.28. The molecule has 2 aromatic rings. The maximum atomic E-state index is 12.3.